The minimum absolute atomic E-state index is 0.147. The van der Waals surface area contributed by atoms with Gasteiger partial charge in [-0.3, -0.25) is 0 Å². The molecule has 1 heterocycles. The Labute approximate surface area is 67.6 Å². The Morgan fingerprint density at radius 3 is 2.45 bits per heavy atom. The first-order valence-corrected chi connectivity index (χ1v) is 3.95. The van der Waals surface area contributed by atoms with Crippen LogP contribution in [0.25, 0.3) is 0 Å². The predicted octanol–water partition coefficient (Wildman–Crippen LogP) is 1.17. The summed E-state index contributed by atoms with van der Waals surface area (Å²) in [7, 11) is 0. The van der Waals surface area contributed by atoms with E-state index < -0.39 is 0 Å². The third-order valence-electron chi connectivity index (χ3n) is 1.27. The monoisotopic (exact) mass is 160 g/mol. The van der Waals surface area contributed by atoms with Crippen LogP contribution in [0.5, 0.6) is 0 Å². The lowest BCUT2D eigenvalue weighted by atomic mass is 10.2. The van der Waals surface area contributed by atoms with Crippen molar-refractivity contribution in [1.82, 2.24) is 0 Å². The molecule has 0 amide bonds. The maximum absolute atomic E-state index is 5.53. The van der Waals surface area contributed by atoms with Gasteiger partial charge in [0.1, 0.15) is 0 Å². The molecule has 1 fully saturated rings. The van der Waals surface area contributed by atoms with Crippen LogP contribution in [0.15, 0.2) is 0 Å². The van der Waals surface area contributed by atoms with Gasteiger partial charge in [0.2, 0.25) is 0 Å². The van der Waals surface area contributed by atoms with Crippen molar-refractivity contribution < 1.29 is 14.2 Å². The third kappa shape index (κ3) is 3.70. The van der Waals surface area contributed by atoms with E-state index in [9.17, 15) is 0 Å². The molecule has 0 aromatic heterocycles. The Hall–Kier alpha value is -0.120. The van der Waals surface area contributed by atoms with Gasteiger partial charge < -0.3 is 14.2 Å². The van der Waals surface area contributed by atoms with E-state index in [2.05, 4.69) is 0 Å². The normalized spacial score (nSPS) is 27.0. The lowest BCUT2D eigenvalue weighted by molar-refractivity contribution is -0.246. The Balaban J connectivity index is 2.24. The predicted molar refractivity (Wildman–Crippen MR) is 41.4 cm³/mol. The van der Waals surface area contributed by atoms with Crippen molar-refractivity contribution in [1.29, 1.82) is 0 Å². The zero-order chi connectivity index (χ0) is 8.32. The molecule has 0 saturated carbocycles. The van der Waals surface area contributed by atoms with Crippen LogP contribution in [0.2, 0.25) is 0 Å². The van der Waals surface area contributed by atoms with Gasteiger partial charge in [-0.25, -0.2) is 0 Å². The quantitative estimate of drug-likeness (QED) is 0.576. The van der Waals surface area contributed by atoms with E-state index in [1.807, 2.05) is 20.8 Å². The van der Waals surface area contributed by atoms with Crippen LogP contribution < -0.4 is 0 Å². The molecule has 1 saturated heterocycles. The van der Waals surface area contributed by atoms with E-state index in [1.54, 1.807) is 0 Å². The number of hydrogen-bond donors (Lipinski definition) is 0. The molecule has 0 radical (unpaired) electrons. The number of ether oxygens (including phenoxy) is 3. The van der Waals surface area contributed by atoms with Crippen LogP contribution in [0, 0.1) is 0 Å². The minimum Gasteiger partial charge on any atom is -0.374 e. The SMILES string of the molecule is CC(C)(C)OC1COCCO1. The summed E-state index contributed by atoms with van der Waals surface area (Å²) >= 11 is 0. The van der Waals surface area contributed by atoms with Crippen LogP contribution in [0.4, 0.5) is 0 Å². The van der Waals surface area contributed by atoms with Crippen molar-refractivity contribution >= 4 is 0 Å². The minimum atomic E-state index is -0.177. The summed E-state index contributed by atoms with van der Waals surface area (Å²) in [6.45, 7) is 7.89. The molecule has 0 N–H and O–H groups in total. The van der Waals surface area contributed by atoms with Crippen LogP contribution in [0.3, 0.4) is 0 Å². The van der Waals surface area contributed by atoms with Crippen molar-refractivity contribution in [2.45, 2.75) is 32.7 Å². The fourth-order valence-corrected chi connectivity index (χ4v) is 0.929. The molecule has 1 aliphatic rings. The van der Waals surface area contributed by atoms with E-state index in [0.717, 1.165) is 0 Å². The summed E-state index contributed by atoms with van der Waals surface area (Å²) in [6.07, 6.45) is -0.177. The lowest BCUT2D eigenvalue weighted by Crippen LogP contribution is -2.36. The molecule has 0 aromatic carbocycles. The lowest BCUT2D eigenvalue weighted by Gasteiger charge is -2.29. The van der Waals surface area contributed by atoms with Gasteiger partial charge in [-0.05, 0) is 20.8 Å². The summed E-state index contributed by atoms with van der Waals surface area (Å²) in [5, 5.41) is 0. The van der Waals surface area contributed by atoms with Gasteiger partial charge >= 0.3 is 0 Å². The second kappa shape index (κ2) is 3.52. The van der Waals surface area contributed by atoms with Gasteiger partial charge in [-0.15, -0.1) is 0 Å². The Bertz CT molecular complexity index is 111. The smallest absolute Gasteiger partial charge is 0.181 e. The highest BCUT2D eigenvalue weighted by Gasteiger charge is 2.21. The molecule has 3 heteroatoms. The van der Waals surface area contributed by atoms with E-state index in [4.69, 9.17) is 14.2 Å². The van der Waals surface area contributed by atoms with Gasteiger partial charge in [-0.1, -0.05) is 0 Å². The first-order chi connectivity index (χ1) is 5.08. The molecule has 1 aliphatic heterocycles. The van der Waals surface area contributed by atoms with Crippen molar-refractivity contribution in [3.63, 3.8) is 0 Å². The largest absolute Gasteiger partial charge is 0.374 e. The second-order valence-corrected chi connectivity index (χ2v) is 3.61. The van der Waals surface area contributed by atoms with Gasteiger partial charge in [0.25, 0.3) is 0 Å². The zero-order valence-corrected chi connectivity index (χ0v) is 7.42. The fourth-order valence-electron chi connectivity index (χ4n) is 0.929. The van der Waals surface area contributed by atoms with Gasteiger partial charge in [0.05, 0.1) is 25.4 Å². The molecule has 0 spiro atoms. The second-order valence-electron chi connectivity index (χ2n) is 3.61. The highest BCUT2D eigenvalue weighted by atomic mass is 16.7. The summed E-state index contributed by atoms with van der Waals surface area (Å²) in [5.41, 5.74) is -0.147. The average molecular weight is 160 g/mol. The van der Waals surface area contributed by atoms with Crippen LogP contribution in [0.1, 0.15) is 20.8 Å². The summed E-state index contributed by atoms with van der Waals surface area (Å²) in [4.78, 5) is 0. The molecule has 0 aromatic rings. The fraction of sp³-hybridized carbons (Fsp3) is 1.00. The first kappa shape index (κ1) is 8.97. The van der Waals surface area contributed by atoms with Gasteiger partial charge in [-0.2, -0.15) is 0 Å². The molecule has 3 nitrogen and oxygen atoms in total. The maximum atomic E-state index is 5.53. The molecule has 1 rings (SSSR count). The van der Waals surface area contributed by atoms with Crippen molar-refractivity contribution in [3.05, 3.63) is 0 Å². The van der Waals surface area contributed by atoms with E-state index in [-0.39, 0.29) is 11.9 Å². The Kier molecular flexibility index (Phi) is 2.87. The number of hydrogen-bond acceptors (Lipinski definition) is 3. The Morgan fingerprint density at radius 2 is 2.00 bits per heavy atom. The van der Waals surface area contributed by atoms with Crippen molar-refractivity contribution in [2.24, 2.45) is 0 Å². The molecular weight excluding hydrogens is 144 g/mol. The molecule has 66 valence electrons. The molecule has 0 bridgehead atoms. The molecule has 1 unspecified atom stereocenters. The highest BCUT2D eigenvalue weighted by Crippen LogP contribution is 2.13. The van der Waals surface area contributed by atoms with Gasteiger partial charge in [0.15, 0.2) is 6.29 Å². The molecular formula is C8H16O3. The topological polar surface area (TPSA) is 27.7 Å². The van der Waals surface area contributed by atoms with E-state index in [0.29, 0.717) is 19.8 Å². The summed E-state index contributed by atoms with van der Waals surface area (Å²) < 4.78 is 16.0. The van der Waals surface area contributed by atoms with E-state index >= 15 is 0 Å². The third-order valence-corrected chi connectivity index (χ3v) is 1.27. The van der Waals surface area contributed by atoms with E-state index in [1.165, 1.54) is 0 Å². The highest BCUT2D eigenvalue weighted by molar-refractivity contribution is 4.61. The summed E-state index contributed by atoms with van der Waals surface area (Å²) in [6, 6.07) is 0. The maximum Gasteiger partial charge on any atom is 0.181 e. The molecule has 11 heavy (non-hydrogen) atoms. The van der Waals surface area contributed by atoms with Crippen LogP contribution in [-0.2, 0) is 14.2 Å². The average Bonchev–Trinajstić information content (AvgIpc) is 1.85. The molecule has 0 aliphatic carbocycles. The molecule has 1 atom stereocenters. The van der Waals surface area contributed by atoms with Crippen molar-refractivity contribution in [2.75, 3.05) is 19.8 Å². The van der Waals surface area contributed by atoms with Crippen LogP contribution in [-0.4, -0.2) is 31.7 Å². The zero-order valence-electron chi connectivity index (χ0n) is 7.42. The number of rotatable bonds is 1. The van der Waals surface area contributed by atoms with Crippen LogP contribution >= 0.6 is 0 Å². The van der Waals surface area contributed by atoms with Gasteiger partial charge in [0, 0.05) is 0 Å². The first-order valence-electron chi connectivity index (χ1n) is 3.95. The Morgan fingerprint density at radius 1 is 1.27 bits per heavy atom. The standard InChI is InChI=1S/C8H16O3/c1-8(2,3)11-7-6-9-4-5-10-7/h7H,4-6H2,1-3H3. The summed E-state index contributed by atoms with van der Waals surface area (Å²) in [5.74, 6) is 0. The van der Waals surface area contributed by atoms with Crippen molar-refractivity contribution in [3.8, 4) is 0 Å².